The van der Waals surface area contributed by atoms with E-state index in [0.717, 1.165) is 11.1 Å². The molecule has 0 spiro atoms. The maximum absolute atomic E-state index is 14.3. The smallest absolute Gasteiger partial charge is 0.416 e. The van der Waals surface area contributed by atoms with E-state index in [2.05, 4.69) is 20.3 Å². The summed E-state index contributed by atoms with van der Waals surface area (Å²) >= 11 is 12.0. The number of carbonyl (C=O) groups excluding carboxylic acids is 1. The van der Waals surface area contributed by atoms with Gasteiger partial charge in [0, 0.05) is 6.20 Å². The molecule has 11 heteroatoms. The quantitative estimate of drug-likeness (QED) is 0.772. The molecule has 27 heavy (non-hydrogen) atoms. The summed E-state index contributed by atoms with van der Waals surface area (Å²) in [5.41, 5.74) is 0.498. The zero-order valence-corrected chi connectivity index (χ0v) is 15.9. The number of ether oxygens (including phenoxy) is 1. The van der Waals surface area contributed by atoms with Crippen LogP contribution in [0.5, 0.6) is 0 Å². The number of anilines is 2. The summed E-state index contributed by atoms with van der Waals surface area (Å²) in [5.74, 6) is -1.06. The van der Waals surface area contributed by atoms with Crippen molar-refractivity contribution in [2.45, 2.75) is 32.0 Å². The molecule has 2 N–H and O–H groups in total. The van der Waals surface area contributed by atoms with Gasteiger partial charge in [-0.15, -0.1) is 0 Å². The molecule has 1 unspecified atom stereocenters. The van der Waals surface area contributed by atoms with Gasteiger partial charge in [0.1, 0.15) is 12.6 Å². The van der Waals surface area contributed by atoms with E-state index < -0.39 is 30.1 Å². The van der Waals surface area contributed by atoms with Crippen LogP contribution in [0, 0.1) is 5.82 Å². The lowest BCUT2D eigenvalue weighted by Gasteiger charge is -2.23. The minimum atomic E-state index is -0.932. The number of aromatic nitrogens is 3. The fraction of sp³-hybridized carbons (Fsp3) is 0.375. The zero-order valence-electron chi connectivity index (χ0n) is 14.4. The first-order chi connectivity index (χ1) is 12.8. The molecule has 144 valence electrons. The molecule has 8 nitrogen and oxygen atoms in total. The maximum atomic E-state index is 14.3. The molecule has 3 atom stereocenters. The third-order valence-electron chi connectivity index (χ3n) is 4.01. The Balaban J connectivity index is 1.88. The van der Waals surface area contributed by atoms with Crippen LogP contribution in [0.15, 0.2) is 18.5 Å². The van der Waals surface area contributed by atoms with Crippen LogP contribution in [0.1, 0.15) is 25.6 Å². The van der Waals surface area contributed by atoms with Crippen molar-refractivity contribution in [1.82, 2.24) is 15.0 Å². The minimum absolute atomic E-state index is 0.0516. The molecule has 3 heterocycles. The van der Waals surface area contributed by atoms with Gasteiger partial charge in [-0.05, 0) is 19.9 Å². The average Bonchev–Trinajstić information content (AvgIpc) is 2.98. The molecule has 2 aromatic rings. The van der Waals surface area contributed by atoms with E-state index >= 15 is 0 Å². The van der Waals surface area contributed by atoms with Crippen LogP contribution < -0.4 is 10.2 Å². The molecule has 0 aromatic carbocycles. The summed E-state index contributed by atoms with van der Waals surface area (Å²) in [6, 6.07) is 0.374. The van der Waals surface area contributed by atoms with Crippen LogP contribution >= 0.6 is 23.2 Å². The standard InChI is InChI=1S/C16H16Cl2FN5O3/c1-7(13-10(18)3-9(17)4-20-13)22-15-21-5-11(19)14(23-15)24-12(8(2)25)6-27-16(24)26/h3-5,7-8,12,25H,6H2,1-2H3,(H,21,22,23)/t7-,8+,12?/m0/s1. The molecule has 1 amide bonds. The van der Waals surface area contributed by atoms with Crippen LogP contribution in [0.3, 0.4) is 0 Å². The van der Waals surface area contributed by atoms with Gasteiger partial charge >= 0.3 is 6.09 Å². The summed E-state index contributed by atoms with van der Waals surface area (Å²) in [7, 11) is 0. The van der Waals surface area contributed by atoms with E-state index in [1.54, 1.807) is 13.0 Å². The first-order valence-electron chi connectivity index (χ1n) is 8.02. The van der Waals surface area contributed by atoms with Crippen molar-refractivity contribution in [3.05, 3.63) is 40.0 Å². The van der Waals surface area contributed by atoms with Gasteiger partial charge in [0.15, 0.2) is 11.6 Å². The van der Waals surface area contributed by atoms with Crippen molar-refractivity contribution in [1.29, 1.82) is 0 Å². The minimum Gasteiger partial charge on any atom is -0.447 e. The van der Waals surface area contributed by atoms with Crippen LogP contribution in [-0.4, -0.2) is 44.9 Å². The molecular formula is C16H16Cl2FN5O3. The third-order valence-corrected chi connectivity index (χ3v) is 4.52. The van der Waals surface area contributed by atoms with Gasteiger partial charge in [0.2, 0.25) is 5.95 Å². The van der Waals surface area contributed by atoms with Gasteiger partial charge in [-0.2, -0.15) is 4.98 Å². The molecule has 0 radical (unpaired) electrons. The molecule has 1 saturated heterocycles. The lowest BCUT2D eigenvalue weighted by atomic mass is 10.2. The molecule has 1 aliphatic rings. The molecule has 1 aliphatic heterocycles. The number of hydrogen-bond donors (Lipinski definition) is 2. The molecule has 2 aromatic heterocycles. The Labute approximate surface area is 164 Å². The molecule has 0 aliphatic carbocycles. The fourth-order valence-electron chi connectivity index (χ4n) is 2.64. The van der Waals surface area contributed by atoms with E-state index in [1.807, 2.05) is 0 Å². The molecular weight excluding hydrogens is 400 g/mol. The van der Waals surface area contributed by atoms with Gasteiger partial charge in [-0.1, -0.05) is 23.2 Å². The monoisotopic (exact) mass is 415 g/mol. The van der Waals surface area contributed by atoms with E-state index in [1.165, 1.54) is 13.1 Å². The third kappa shape index (κ3) is 4.05. The number of cyclic esters (lactones) is 1. The van der Waals surface area contributed by atoms with E-state index in [9.17, 15) is 14.3 Å². The number of amides is 1. The Morgan fingerprint density at radius 1 is 1.37 bits per heavy atom. The fourth-order valence-corrected chi connectivity index (χ4v) is 3.18. The molecule has 0 saturated carbocycles. The Morgan fingerprint density at radius 3 is 2.78 bits per heavy atom. The largest absolute Gasteiger partial charge is 0.447 e. The van der Waals surface area contributed by atoms with Crippen molar-refractivity contribution < 1.29 is 19.0 Å². The van der Waals surface area contributed by atoms with Crippen molar-refractivity contribution in [2.24, 2.45) is 0 Å². The lowest BCUT2D eigenvalue weighted by Crippen LogP contribution is -2.42. The van der Waals surface area contributed by atoms with Crippen LogP contribution in [0.2, 0.25) is 10.0 Å². The Kier molecular flexibility index (Phi) is 5.64. The van der Waals surface area contributed by atoms with Gasteiger partial charge in [-0.3, -0.25) is 4.98 Å². The second kappa shape index (κ2) is 7.79. The SMILES string of the molecule is C[C@H](Nc1ncc(F)c(N2C(=O)OCC2[C@@H](C)O)n1)c1ncc(Cl)cc1Cl. The number of aliphatic hydroxyl groups excluding tert-OH is 1. The van der Waals surface area contributed by atoms with E-state index in [0.29, 0.717) is 15.7 Å². The summed E-state index contributed by atoms with van der Waals surface area (Å²) in [4.78, 5) is 25.1. The van der Waals surface area contributed by atoms with Crippen molar-refractivity contribution >= 4 is 41.1 Å². The zero-order chi connectivity index (χ0) is 19.7. The van der Waals surface area contributed by atoms with Crippen LogP contribution in [-0.2, 0) is 4.74 Å². The molecule has 0 bridgehead atoms. The van der Waals surface area contributed by atoms with Crippen molar-refractivity contribution in [3.8, 4) is 0 Å². The van der Waals surface area contributed by atoms with Crippen LogP contribution in [0.4, 0.5) is 21.0 Å². The Hall–Kier alpha value is -2.23. The highest BCUT2D eigenvalue weighted by atomic mass is 35.5. The first-order valence-corrected chi connectivity index (χ1v) is 8.77. The highest BCUT2D eigenvalue weighted by Gasteiger charge is 2.39. The van der Waals surface area contributed by atoms with Crippen molar-refractivity contribution in [3.63, 3.8) is 0 Å². The number of carbonyl (C=O) groups is 1. The van der Waals surface area contributed by atoms with E-state index in [-0.39, 0.29) is 18.4 Å². The predicted octanol–water partition coefficient (Wildman–Crippen LogP) is 3.20. The normalized spacial score (nSPS) is 19.0. The summed E-state index contributed by atoms with van der Waals surface area (Å²) < 4.78 is 19.2. The number of rotatable bonds is 5. The second-order valence-corrected chi connectivity index (χ2v) is 6.85. The number of nitrogens with zero attached hydrogens (tertiary/aromatic N) is 4. The lowest BCUT2D eigenvalue weighted by molar-refractivity contribution is 0.142. The Morgan fingerprint density at radius 2 is 2.11 bits per heavy atom. The maximum Gasteiger partial charge on any atom is 0.416 e. The number of halogens is 3. The van der Waals surface area contributed by atoms with Gasteiger partial charge in [0.05, 0.1) is 34.1 Å². The summed E-state index contributed by atoms with van der Waals surface area (Å²) in [5, 5.41) is 13.5. The van der Waals surface area contributed by atoms with E-state index in [4.69, 9.17) is 27.9 Å². The average molecular weight is 416 g/mol. The second-order valence-electron chi connectivity index (χ2n) is 6.01. The predicted molar refractivity (Wildman–Crippen MR) is 97.6 cm³/mol. The Bertz CT molecular complexity index is 870. The number of hydrogen-bond acceptors (Lipinski definition) is 7. The van der Waals surface area contributed by atoms with Gasteiger partial charge in [-0.25, -0.2) is 19.1 Å². The highest BCUT2D eigenvalue weighted by Crippen LogP contribution is 2.28. The van der Waals surface area contributed by atoms with Crippen molar-refractivity contribution in [2.75, 3.05) is 16.8 Å². The topological polar surface area (TPSA) is 100 Å². The first kappa shape index (κ1) is 19.5. The molecule has 3 rings (SSSR count). The summed E-state index contributed by atoms with van der Waals surface area (Å²) in [6.45, 7) is 3.18. The van der Waals surface area contributed by atoms with Gasteiger partial charge < -0.3 is 15.2 Å². The number of pyridine rings is 1. The number of aliphatic hydroxyl groups is 1. The van der Waals surface area contributed by atoms with Crippen LogP contribution in [0.25, 0.3) is 0 Å². The highest BCUT2D eigenvalue weighted by molar-refractivity contribution is 6.34. The number of nitrogens with one attached hydrogen (secondary N) is 1. The van der Waals surface area contributed by atoms with Gasteiger partial charge in [0.25, 0.3) is 0 Å². The molecule has 1 fully saturated rings. The summed E-state index contributed by atoms with van der Waals surface area (Å²) in [6.07, 6.45) is 0.655.